The summed E-state index contributed by atoms with van der Waals surface area (Å²) in [7, 11) is 0. The molecule has 26 heavy (non-hydrogen) atoms. The fraction of sp³-hybridized carbons (Fsp3) is 0.167. The Labute approximate surface area is 151 Å². The van der Waals surface area contributed by atoms with E-state index in [2.05, 4.69) is 15.2 Å². The zero-order chi connectivity index (χ0) is 17.8. The predicted molar refractivity (Wildman–Crippen MR) is 92.9 cm³/mol. The molecular formula is C18H12ClF2N5. The maximum Gasteiger partial charge on any atom is 0.186 e. The van der Waals surface area contributed by atoms with E-state index in [1.54, 1.807) is 10.7 Å². The zero-order valence-corrected chi connectivity index (χ0v) is 14.2. The molecule has 5 nitrogen and oxygen atoms in total. The molecule has 1 aromatic carbocycles. The molecule has 0 amide bonds. The molecule has 0 saturated heterocycles. The fourth-order valence-electron chi connectivity index (χ4n) is 3.40. The highest BCUT2D eigenvalue weighted by molar-refractivity contribution is 6.31. The Balaban J connectivity index is 1.79. The van der Waals surface area contributed by atoms with Gasteiger partial charge in [0.2, 0.25) is 0 Å². The van der Waals surface area contributed by atoms with Gasteiger partial charge in [0.05, 0.1) is 11.3 Å². The number of benzene rings is 1. The van der Waals surface area contributed by atoms with E-state index in [0.29, 0.717) is 22.7 Å². The summed E-state index contributed by atoms with van der Waals surface area (Å²) in [5.74, 6) is -1.16. The molecule has 8 heteroatoms. The molecule has 0 bridgehead atoms. The van der Waals surface area contributed by atoms with Crippen LogP contribution in [0.5, 0.6) is 0 Å². The van der Waals surface area contributed by atoms with Crippen LogP contribution >= 0.6 is 11.6 Å². The van der Waals surface area contributed by atoms with Gasteiger partial charge in [0.1, 0.15) is 16.5 Å². The summed E-state index contributed by atoms with van der Waals surface area (Å²) in [4.78, 5) is 4.56. The van der Waals surface area contributed by atoms with Crippen LogP contribution in [0.2, 0.25) is 5.02 Å². The van der Waals surface area contributed by atoms with E-state index in [-0.39, 0.29) is 5.56 Å². The van der Waals surface area contributed by atoms with Crippen molar-refractivity contribution in [3.63, 3.8) is 0 Å². The SMILES string of the molecule is Fc1ccc(-c2nn3c(c2-c2nc4ccccn4n2)CCC3)c(F)c1Cl. The first-order valence-corrected chi connectivity index (χ1v) is 8.56. The molecule has 0 fully saturated rings. The molecule has 0 saturated carbocycles. The third-order valence-corrected chi connectivity index (χ3v) is 4.94. The topological polar surface area (TPSA) is 48.0 Å². The second-order valence-electron chi connectivity index (χ2n) is 6.16. The number of rotatable bonds is 2. The molecule has 0 unspecified atom stereocenters. The minimum atomic E-state index is -0.826. The second-order valence-corrected chi connectivity index (χ2v) is 6.54. The maximum absolute atomic E-state index is 14.6. The van der Waals surface area contributed by atoms with Gasteiger partial charge in [-0.3, -0.25) is 4.68 Å². The first-order valence-electron chi connectivity index (χ1n) is 8.19. The van der Waals surface area contributed by atoms with Crippen molar-refractivity contribution in [3.8, 4) is 22.6 Å². The third kappa shape index (κ3) is 2.17. The zero-order valence-electron chi connectivity index (χ0n) is 13.5. The van der Waals surface area contributed by atoms with Crippen molar-refractivity contribution >= 4 is 17.2 Å². The second kappa shape index (κ2) is 5.60. The average Bonchev–Trinajstić information content (AvgIpc) is 3.32. The number of halogens is 3. The lowest BCUT2D eigenvalue weighted by Gasteiger charge is -2.05. The van der Waals surface area contributed by atoms with Gasteiger partial charge in [-0.2, -0.15) is 5.10 Å². The minimum absolute atomic E-state index is 0.146. The fourth-order valence-corrected chi connectivity index (χ4v) is 3.57. The lowest BCUT2D eigenvalue weighted by atomic mass is 10.0. The molecule has 3 aromatic heterocycles. The van der Waals surface area contributed by atoms with Crippen LogP contribution in [-0.4, -0.2) is 24.4 Å². The summed E-state index contributed by atoms with van der Waals surface area (Å²) < 4.78 is 31.7. The van der Waals surface area contributed by atoms with Gasteiger partial charge in [0.25, 0.3) is 0 Å². The first-order chi connectivity index (χ1) is 12.6. The Hall–Kier alpha value is -2.80. The van der Waals surface area contributed by atoms with E-state index < -0.39 is 16.7 Å². The monoisotopic (exact) mass is 371 g/mol. The highest BCUT2D eigenvalue weighted by Crippen LogP contribution is 2.38. The summed E-state index contributed by atoms with van der Waals surface area (Å²) in [5, 5.41) is 8.52. The van der Waals surface area contributed by atoms with Crippen LogP contribution in [0, 0.1) is 11.6 Å². The van der Waals surface area contributed by atoms with Crippen LogP contribution in [0.3, 0.4) is 0 Å². The summed E-state index contributed by atoms with van der Waals surface area (Å²) in [5.41, 5.74) is 2.84. The Bertz CT molecular complexity index is 1130. The molecule has 0 atom stereocenters. The Kier molecular flexibility index (Phi) is 3.33. The Morgan fingerprint density at radius 2 is 1.96 bits per heavy atom. The maximum atomic E-state index is 14.6. The van der Waals surface area contributed by atoms with E-state index in [9.17, 15) is 8.78 Å². The lowest BCUT2D eigenvalue weighted by molar-refractivity contribution is 0.585. The predicted octanol–water partition coefficient (Wildman–Crippen LogP) is 4.14. The van der Waals surface area contributed by atoms with Crippen LogP contribution in [-0.2, 0) is 13.0 Å². The van der Waals surface area contributed by atoms with E-state index in [4.69, 9.17) is 11.6 Å². The van der Waals surface area contributed by atoms with Crippen molar-refractivity contribution in [1.29, 1.82) is 0 Å². The minimum Gasteiger partial charge on any atom is -0.268 e. The normalized spacial score (nSPS) is 13.5. The summed E-state index contributed by atoms with van der Waals surface area (Å²) in [6, 6.07) is 8.07. The summed E-state index contributed by atoms with van der Waals surface area (Å²) >= 11 is 5.77. The first kappa shape index (κ1) is 15.5. The molecule has 0 radical (unpaired) electrons. The standard InChI is InChI=1S/C18H12ClF2N5/c19-15-11(20)7-6-10(16(15)21)17-14(12-4-3-9-25(12)23-17)18-22-13-5-1-2-8-26(13)24-18/h1-2,5-8H,3-4,9H2. The Morgan fingerprint density at radius 3 is 2.81 bits per heavy atom. The molecule has 0 spiro atoms. The molecule has 4 aromatic rings. The van der Waals surface area contributed by atoms with Gasteiger partial charge in [0.15, 0.2) is 17.3 Å². The van der Waals surface area contributed by atoms with Crippen LogP contribution in [0.4, 0.5) is 8.78 Å². The third-order valence-electron chi connectivity index (χ3n) is 4.60. The number of aromatic nitrogens is 5. The van der Waals surface area contributed by atoms with Gasteiger partial charge in [-0.05, 0) is 37.1 Å². The smallest absolute Gasteiger partial charge is 0.186 e. The van der Waals surface area contributed by atoms with E-state index in [1.165, 1.54) is 6.07 Å². The molecule has 4 heterocycles. The molecule has 1 aliphatic heterocycles. The number of hydrogen-bond donors (Lipinski definition) is 0. The quantitative estimate of drug-likeness (QED) is 0.498. The van der Waals surface area contributed by atoms with Gasteiger partial charge in [-0.1, -0.05) is 17.7 Å². The molecule has 1 aliphatic rings. The van der Waals surface area contributed by atoms with E-state index in [1.807, 2.05) is 22.9 Å². The van der Waals surface area contributed by atoms with Crippen molar-refractivity contribution in [2.75, 3.05) is 0 Å². The number of fused-ring (bicyclic) bond motifs is 2. The summed E-state index contributed by atoms with van der Waals surface area (Å²) in [6.07, 6.45) is 3.55. The molecule has 5 rings (SSSR count). The van der Waals surface area contributed by atoms with Gasteiger partial charge < -0.3 is 0 Å². The number of hydrogen-bond acceptors (Lipinski definition) is 3. The van der Waals surface area contributed by atoms with Crippen molar-refractivity contribution in [2.24, 2.45) is 0 Å². The average molecular weight is 372 g/mol. The van der Waals surface area contributed by atoms with Gasteiger partial charge in [0, 0.05) is 18.3 Å². The number of aryl methyl sites for hydroxylation is 1. The van der Waals surface area contributed by atoms with Gasteiger partial charge in [-0.25, -0.2) is 18.3 Å². The van der Waals surface area contributed by atoms with E-state index >= 15 is 0 Å². The van der Waals surface area contributed by atoms with Crippen LogP contribution in [0.1, 0.15) is 12.1 Å². The van der Waals surface area contributed by atoms with Crippen LogP contribution in [0.25, 0.3) is 28.3 Å². The lowest BCUT2D eigenvalue weighted by Crippen LogP contribution is -1.96. The van der Waals surface area contributed by atoms with Crippen molar-refractivity contribution in [3.05, 3.63) is 58.9 Å². The molecule has 130 valence electrons. The Morgan fingerprint density at radius 1 is 1.08 bits per heavy atom. The van der Waals surface area contributed by atoms with Crippen molar-refractivity contribution in [1.82, 2.24) is 24.4 Å². The molecule has 0 aliphatic carbocycles. The number of pyridine rings is 1. The van der Waals surface area contributed by atoms with Gasteiger partial charge >= 0.3 is 0 Å². The van der Waals surface area contributed by atoms with Crippen LogP contribution in [0.15, 0.2) is 36.5 Å². The van der Waals surface area contributed by atoms with Crippen molar-refractivity contribution < 1.29 is 8.78 Å². The molecule has 0 N–H and O–H groups in total. The highest BCUT2D eigenvalue weighted by atomic mass is 35.5. The highest BCUT2D eigenvalue weighted by Gasteiger charge is 2.28. The van der Waals surface area contributed by atoms with Crippen LogP contribution < -0.4 is 0 Å². The van der Waals surface area contributed by atoms with Gasteiger partial charge in [-0.15, -0.1) is 5.10 Å². The van der Waals surface area contributed by atoms with E-state index in [0.717, 1.165) is 31.1 Å². The molecular weight excluding hydrogens is 360 g/mol. The van der Waals surface area contributed by atoms with Crippen molar-refractivity contribution in [2.45, 2.75) is 19.4 Å². The number of nitrogens with zero attached hydrogens (tertiary/aromatic N) is 5. The largest absolute Gasteiger partial charge is 0.268 e. The summed E-state index contributed by atoms with van der Waals surface area (Å²) in [6.45, 7) is 0.742.